The minimum Gasteiger partial charge on any atom is -0.462 e. The first-order valence-electron chi connectivity index (χ1n) is 4.84. The van der Waals surface area contributed by atoms with E-state index < -0.39 is 0 Å². The summed E-state index contributed by atoms with van der Waals surface area (Å²) in [6.07, 6.45) is 1.82. The summed E-state index contributed by atoms with van der Waals surface area (Å²) in [5.41, 5.74) is 4.08. The summed E-state index contributed by atoms with van der Waals surface area (Å²) in [5, 5.41) is 0. The maximum atomic E-state index is 10.8. The maximum absolute atomic E-state index is 10.8. The first-order valence-corrected chi connectivity index (χ1v) is 4.84. The summed E-state index contributed by atoms with van der Waals surface area (Å²) in [6.45, 7) is 11.3. The van der Waals surface area contributed by atoms with Crippen LogP contribution in [0.3, 0.4) is 0 Å². The molecule has 0 saturated carbocycles. The van der Waals surface area contributed by atoms with Crippen molar-refractivity contribution in [3.05, 3.63) is 17.4 Å². The van der Waals surface area contributed by atoms with Gasteiger partial charge < -0.3 is 4.74 Å². The summed E-state index contributed by atoms with van der Waals surface area (Å²) < 4.78 is 5.13. The predicted molar refractivity (Wildman–Crippen MR) is 58.0 cm³/mol. The van der Waals surface area contributed by atoms with E-state index in [-0.39, 0.29) is 17.5 Å². The lowest BCUT2D eigenvalue weighted by Crippen LogP contribution is -2.28. The van der Waals surface area contributed by atoms with Crippen LogP contribution >= 0.6 is 0 Å². The highest BCUT2D eigenvalue weighted by Gasteiger charge is 2.25. The molecule has 0 aliphatic rings. The molecule has 14 heavy (non-hydrogen) atoms. The van der Waals surface area contributed by atoms with Crippen molar-refractivity contribution in [3.8, 4) is 0 Å². The fraction of sp³-hybridized carbons (Fsp3) is 0.667. The molecule has 0 radical (unpaired) electrons. The second kappa shape index (κ2) is 5.02. The molecule has 0 aromatic heterocycles. The molecule has 0 N–H and O–H groups in total. The van der Waals surface area contributed by atoms with Crippen LogP contribution in [0, 0.1) is 5.41 Å². The quantitative estimate of drug-likeness (QED) is 0.512. The monoisotopic (exact) mass is 196 g/mol. The Labute approximate surface area is 86.6 Å². The van der Waals surface area contributed by atoms with Crippen molar-refractivity contribution in [2.45, 2.75) is 47.6 Å². The van der Waals surface area contributed by atoms with E-state index in [9.17, 15) is 4.79 Å². The first kappa shape index (κ1) is 13.0. The van der Waals surface area contributed by atoms with Crippen molar-refractivity contribution in [2.24, 2.45) is 5.41 Å². The summed E-state index contributed by atoms with van der Waals surface area (Å²) in [5.74, 6) is -0.240. The van der Waals surface area contributed by atoms with Crippen molar-refractivity contribution in [1.29, 1.82) is 0 Å². The highest BCUT2D eigenvalue weighted by Crippen LogP contribution is 2.24. The van der Waals surface area contributed by atoms with Crippen LogP contribution in [0.2, 0.25) is 0 Å². The molecule has 1 atom stereocenters. The second-order valence-electron chi connectivity index (χ2n) is 4.36. The smallest absolute Gasteiger partial charge is 0.302 e. The Morgan fingerprint density at radius 1 is 1.36 bits per heavy atom. The van der Waals surface area contributed by atoms with Gasteiger partial charge in [-0.2, -0.15) is 0 Å². The fourth-order valence-electron chi connectivity index (χ4n) is 0.849. The van der Waals surface area contributed by atoms with Crippen LogP contribution in [-0.4, -0.2) is 12.1 Å². The molecule has 2 nitrogen and oxygen atoms in total. The van der Waals surface area contributed by atoms with Crippen LogP contribution in [0.4, 0.5) is 0 Å². The van der Waals surface area contributed by atoms with Crippen molar-refractivity contribution >= 4 is 5.97 Å². The maximum Gasteiger partial charge on any atom is 0.302 e. The average Bonchev–Trinajstić information content (AvgIpc) is 1.99. The highest BCUT2D eigenvalue weighted by atomic mass is 16.5. The van der Waals surface area contributed by atoms with Gasteiger partial charge in [0.15, 0.2) is 0 Å². The molecule has 0 aliphatic carbocycles. The van der Waals surface area contributed by atoms with Crippen molar-refractivity contribution in [1.82, 2.24) is 0 Å². The number of carbonyl (C=O) groups is 1. The van der Waals surface area contributed by atoms with Crippen LogP contribution in [-0.2, 0) is 9.53 Å². The van der Waals surface area contributed by atoms with Gasteiger partial charge in [-0.15, -0.1) is 5.73 Å². The zero-order valence-corrected chi connectivity index (χ0v) is 9.97. The van der Waals surface area contributed by atoms with Crippen LogP contribution in [0.15, 0.2) is 17.4 Å². The number of hydrogen-bond donors (Lipinski definition) is 0. The first-order chi connectivity index (χ1) is 6.25. The minimum absolute atomic E-state index is 0.133. The molecule has 80 valence electrons. The van der Waals surface area contributed by atoms with Crippen LogP contribution in [0.1, 0.15) is 41.5 Å². The Kier molecular flexibility index (Phi) is 4.65. The van der Waals surface area contributed by atoms with E-state index in [4.69, 9.17) is 4.74 Å². The van der Waals surface area contributed by atoms with E-state index >= 15 is 0 Å². The van der Waals surface area contributed by atoms with E-state index in [2.05, 4.69) is 5.73 Å². The Morgan fingerprint density at radius 2 is 1.86 bits per heavy atom. The van der Waals surface area contributed by atoms with E-state index in [1.54, 1.807) is 0 Å². The fourth-order valence-corrected chi connectivity index (χ4v) is 0.849. The topological polar surface area (TPSA) is 26.3 Å². The van der Waals surface area contributed by atoms with Crippen LogP contribution in [0.5, 0.6) is 0 Å². The van der Waals surface area contributed by atoms with E-state index in [1.807, 2.05) is 40.7 Å². The molecule has 2 heteroatoms. The van der Waals surface area contributed by atoms with E-state index in [1.165, 1.54) is 6.92 Å². The van der Waals surface area contributed by atoms with Gasteiger partial charge in [-0.1, -0.05) is 13.8 Å². The average molecular weight is 196 g/mol. The van der Waals surface area contributed by atoms with Crippen LogP contribution in [0.25, 0.3) is 0 Å². The number of rotatable bonds is 3. The lowest BCUT2D eigenvalue weighted by Gasteiger charge is -2.26. The lowest BCUT2D eigenvalue weighted by atomic mass is 9.87. The normalized spacial score (nSPS) is 12.7. The number of hydrogen-bond acceptors (Lipinski definition) is 2. The Hall–Kier alpha value is -1.01. The molecule has 0 aromatic rings. The zero-order valence-electron chi connectivity index (χ0n) is 9.97. The van der Waals surface area contributed by atoms with Crippen molar-refractivity contribution in [3.63, 3.8) is 0 Å². The van der Waals surface area contributed by atoms with Crippen molar-refractivity contribution in [2.75, 3.05) is 0 Å². The summed E-state index contributed by atoms with van der Waals surface area (Å²) in [6, 6.07) is 0. The molecule has 0 aliphatic heterocycles. The minimum atomic E-state index is -0.240. The molecule has 0 bridgehead atoms. The van der Waals surface area contributed by atoms with Gasteiger partial charge in [0.2, 0.25) is 0 Å². The van der Waals surface area contributed by atoms with Gasteiger partial charge in [0.1, 0.15) is 6.10 Å². The predicted octanol–water partition coefficient (Wildman–Crippen LogP) is 3.09. The second-order valence-corrected chi connectivity index (χ2v) is 4.36. The summed E-state index contributed by atoms with van der Waals surface area (Å²) in [7, 11) is 0. The molecule has 0 spiro atoms. The Bertz CT molecular complexity index is 264. The Balaban J connectivity index is 4.61. The van der Waals surface area contributed by atoms with E-state index in [0.717, 1.165) is 5.57 Å². The molecule has 0 fully saturated rings. The van der Waals surface area contributed by atoms with Gasteiger partial charge in [-0.05, 0) is 32.4 Å². The third-order valence-corrected chi connectivity index (χ3v) is 2.12. The molecule has 0 aromatic carbocycles. The zero-order chi connectivity index (χ0) is 11.4. The SMILES string of the molecule is CC(=O)OC(C)C(C)(C)C=C=C(C)C. The molecule has 0 amide bonds. The Morgan fingerprint density at radius 3 is 2.21 bits per heavy atom. The highest BCUT2D eigenvalue weighted by molar-refractivity contribution is 5.66. The lowest BCUT2D eigenvalue weighted by molar-refractivity contribution is -0.149. The van der Waals surface area contributed by atoms with Gasteiger partial charge in [-0.3, -0.25) is 4.79 Å². The summed E-state index contributed by atoms with van der Waals surface area (Å²) >= 11 is 0. The standard InChI is InChI=1S/C12H20O2/c1-9(2)7-8-12(5,6)10(3)14-11(4)13/h8,10H,1-6H3. The molecule has 1 unspecified atom stereocenters. The van der Waals surface area contributed by atoms with Gasteiger partial charge >= 0.3 is 5.97 Å². The summed E-state index contributed by atoms with van der Waals surface area (Å²) in [4.78, 5) is 10.8. The number of esters is 1. The molecule has 0 rings (SSSR count). The number of ether oxygens (including phenoxy) is 1. The largest absolute Gasteiger partial charge is 0.462 e. The molecule has 0 saturated heterocycles. The van der Waals surface area contributed by atoms with Gasteiger partial charge in [0.25, 0.3) is 0 Å². The van der Waals surface area contributed by atoms with E-state index in [0.29, 0.717) is 0 Å². The molecule has 0 heterocycles. The van der Waals surface area contributed by atoms with Gasteiger partial charge in [0.05, 0.1) is 0 Å². The molecular weight excluding hydrogens is 176 g/mol. The molecular formula is C12H20O2. The number of carbonyl (C=O) groups excluding carboxylic acids is 1. The third kappa shape index (κ3) is 4.88. The van der Waals surface area contributed by atoms with Crippen LogP contribution < -0.4 is 0 Å². The van der Waals surface area contributed by atoms with Gasteiger partial charge in [-0.25, -0.2) is 0 Å². The van der Waals surface area contributed by atoms with Gasteiger partial charge in [0, 0.05) is 12.3 Å². The third-order valence-electron chi connectivity index (χ3n) is 2.12. The van der Waals surface area contributed by atoms with Crippen molar-refractivity contribution < 1.29 is 9.53 Å².